The van der Waals surface area contributed by atoms with Crippen molar-refractivity contribution in [1.29, 1.82) is 0 Å². The highest BCUT2D eigenvalue weighted by atomic mass is 35.5. The molecule has 0 fully saturated rings. The van der Waals surface area contributed by atoms with E-state index in [0.717, 1.165) is 18.9 Å². The van der Waals surface area contributed by atoms with Gasteiger partial charge in [0.25, 0.3) is 0 Å². The monoisotopic (exact) mass is 244 g/mol. The van der Waals surface area contributed by atoms with Crippen molar-refractivity contribution >= 4 is 32.7 Å². The van der Waals surface area contributed by atoms with Gasteiger partial charge in [-0.25, -0.2) is 0 Å². The predicted octanol–water partition coefficient (Wildman–Crippen LogP) is 3.68. The normalized spacial score (nSPS) is 10.9. The first-order valence-electron chi connectivity index (χ1n) is 4.82. The Balaban J connectivity index is 2.49. The lowest BCUT2D eigenvalue weighted by molar-refractivity contribution is 1.03. The van der Waals surface area contributed by atoms with E-state index in [9.17, 15) is 0 Å². The van der Waals surface area contributed by atoms with Gasteiger partial charge < -0.3 is 0 Å². The summed E-state index contributed by atoms with van der Waals surface area (Å²) in [7, 11) is 0.643. The first-order chi connectivity index (χ1) is 6.74. The number of halogens is 2. The Labute approximate surface area is 98.4 Å². The maximum absolute atomic E-state index is 5.70. The van der Waals surface area contributed by atoms with Crippen LogP contribution in [-0.2, 0) is 12.8 Å². The van der Waals surface area contributed by atoms with Crippen LogP contribution in [0.15, 0.2) is 24.3 Å². The van der Waals surface area contributed by atoms with Crippen molar-refractivity contribution in [3.05, 3.63) is 35.4 Å². The number of rotatable bonds is 5. The average molecular weight is 245 g/mol. The predicted molar refractivity (Wildman–Crippen MR) is 65.6 cm³/mol. The summed E-state index contributed by atoms with van der Waals surface area (Å²) in [6, 6.07) is 9.67. The third-order valence-corrected chi connectivity index (χ3v) is 3.97. The van der Waals surface area contributed by atoms with E-state index in [1.807, 2.05) is 0 Å². The fourth-order valence-electron chi connectivity index (χ4n) is 1.46. The standard InChI is InChI=1S/C11H14Cl2Si/c1-2-9-5-3-4-6-10(9)7-8-14-11(12)13/h3-6,11H,2,7-8H2,1H3. The van der Waals surface area contributed by atoms with E-state index in [4.69, 9.17) is 23.2 Å². The van der Waals surface area contributed by atoms with Crippen LogP contribution in [-0.4, -0.2) is 14.0 Å². The Morgan fingerprint density at radius 3 is 2.43 bits per heavy atom. The van der Waals surface area contributed by atoms with Crippen molar-refractivity contribution in [2.75, 3.05) is 0 Å². The van der Waals surface area contributed by atoms with Gasteiger partial charge in [-0.3, -0.25) is 0 Å². The Morgan fingerprint density at radius 2 is 1.86 bits per heavy atom. The molecule has 0 aliphatic heterocycles. The molecule has 0 spiro atoms. The molecular weight excluding hydrogens is 231 g/mol. The second-order valence-corrected chi connectivity index (χ2v) is 6.44. The lowest BCUT2D eigenvalue weighted by Crippen LogP contribution is -2.03. The van der Waals surface area contributed by atoms with Gasteiger partial charge in [-0.2, -0.15) is 0 Å². The van der Waals surface area contributed by atoms with Gasteiger partial charge in [-0.1, -0.05) is 37.2 Å². The minimum Gasteiger partial charge on any atom is -0.110 e. The van der Waals surface area contributed by atoms with E-state index in [2.05, 4.69) is 31.2 Å². The minimum absolute atomic E-state index is 0.191. The molecule has 0 N–H and O–H groups in total. The zero-order valence-corrected chi connectivity index (χ0v) is 10.8. The van der Waals surface area contributed by atoms with Gasteiger partial charge in [0.1, 0.15) is 0 Å². The largest absolute Gasteiger partial charge is 0.110 e. The lowest BCUT2D eigenvalue weighted by Gasteiger charge is -2.06. The number of hydrogen-bond donors (Lipinski definition) is 0. The molecule has 0 heterocycles. The first-order valence-corrected chi connectivity index (χ1v) is 6.98. The van der Waals surface area contributed by atoms with Crippen LogP contribution in [0.2, 0.25) is 6.04 Å². The molecule has 0 nitrogen and oxygen atoms in total. The summed E-state index contributed by atoms with van der Waals surface area (Å²) in [4.78, 5) is 0. The van der Waals surface area contributed by atoms with Gasteiger partial charge in [0, 0.05) is 0 Å². The van der Waals surface area contributed by atoms with Crippen LogP contribution < -0.4 is 0 Å². The molecule has 0 saturated carbocycles. The zero-order chi connectivity index (χ0) is 10.4. The van der Waals surface area contributed by atoms with Crippen LogP contribution in [0.5, 0.6) is 0 Å². The average Bonchev–Trinajstić information content (AvgIpc) is 2.18. The lowest BCUT2D eigenvalue weighted by atomic mass is 10.0. The molecule has 0 atom stereocenters. The molecule has 0 aliphatic carbocycles. The van der Waals surface area contributed by atoms with Gasteiger partial charge in [-0.15, -0.1) is 23.2 Å². The molecule has 1 aromatic carbocycles. The van der Waals surface area contributed by atoms with Crippen molar-refractivity contribution < 1.29 is 0 Å². The van der Waals surface area contributed by atoms with Crippen molar-refractivity contribution in [3.63, 3.8) is 0 Å². The van der Waals surface area contributed by atoms with E-state index in [1.165, 1.54) is 11.1 Å². The van der Waals surface area contributed by atoms with Crippen LogP contribution in [0.4, 0.5) is 0 Å². The van der Waals surface area contributed by atoms with E-state index in [-0.39, 0.29) is 4.46 Å². The van der Waals surface area contributed by atoms with Crippen LogP contribution in [0.3, 0.4) is 0 Å². The summed E-state index contributed by atoms with van der Waals surface area (Å²) in [5.74, 6) is 0. The number of aryl methyl sites for hydroxylation is 2. The molecule has 2 radical (unpaired) electrons. The second kappa shape index (κ2) is 6.49. The molecule has 1 aromatic rings. The molecule has 0 aromatic heterocycles. The highest BCUT2D eigenvalue weighted by Crippen LogP contribution is 2.13. The van der Waals surface area contributed by atoms with Crippen molar-refractivity contribution in [2.24, 2.45) is 0 Å². The second-order valence-electron chi connectivity index (χ2n) is 3.13. The molecular formula is C11H14Cl2Si. The Kier molecular flexibility index (Phi) is 5.60. The zero-order valence-electron chi connectivity index (χ0n) is 8.26. The summed E-state index contributed by atoms with van der Waals surface area (Å²) in [6.07, 6.45) is 2.20. The fourth-order valence-corrected chi connectivity index (χ4v) is 2.75. The SMILES string of the molecule is CCc1ccccc1CC[Si]C(Cl)Cl. The fraction of sp³-hybridized carbons (Fsp3) is 0.455. The molecule has 0 amide bonds. The van der Waals surface area contributed by atoms with E-state index >= 15 is 0 Å². The van der Waals surface area contributed by atoms with Crippen LogP contribution >= 0.6 is 23.2 Å². The van der Waals surface area contributed by atoms with Crippen LogP contribution in [0.25, 0.3) is 0 Å². The number of alkyl halides is 2. The smallest absolute Gasteiger partial charge is 0.0929 e. The first kappa shape index (κ1) is 12.1. The van der Waals surface area contributed by atoms with Crippen molar-refractivity contribution in [1.82, 2.24) is 0 Å². The molecule has 14 heavy (non-hydrogen) atoms. The van der Waals surface area contributed by atoms with Gasteiger partial charge in [-0.05, 0) is 24.0 Å². The molecule has 0 aliphatic rings. The number of benzene rings is 1. The van der Waals surface area contributed by atoms with Gasteiger partial charge in [0.15, 0.2) is 0 Å². The Hall–Kier alpha value is 0.0169. The van der Waals surface area contributed by atoms with Crippen LogP contribution in [0, 0.1) is 0 Å². The molecule has 3 heteroatoms. The van der Waals surface area contributed by atoms with Crippen LogP contribution in [0.1, 0.15) is 18.1 Å². The quantitative estimate of drug-likeness (QED) is 0.548. The molecule has 0 saturated heterocycles. The highest BCUT2D eigenvalue weighted by molar-refractivity contribution is 6.68. The number of hydrogen-bond acceptors (Lipinski definition) is 0. The molecule has 0 unspecified atom stereocenters. The van der Waals surface area contributed by atoms with Gasteiger partial charge in [0.05, 0.1) is 14.0 Å². The van der Waals surface area contributed by atoms with Gasteiger partial charge in [0.2, 0.25) is 0 Å². The maximum atomic E-state index is 5.70. The Bertz CT molecular complexity index is 274. The third-order valence-electron chi connectivity index (χ3n) is 2.19. The van der Waals surface area contributed by atoms with Crippen molar-refractivity contribution in [2.45, 2.75) is 30.3 Å². The third kappa shape index (κ3) is 4.03. The molecule has 0 bridgehead atoms. The minimum atomic E-state index is -0.191. The van der Waals surface area contributed by atoms with Gasteiger partial charge >= 0.3 is 0 Å². The summed E-state index contributed by atoms with van der Waals surface area (Å²) in [5.41, 5.74) is 2.88. The van der Waals surface area contributed by atoms with Crippen molar-refractivity contribution in [3.8, 4) is 0 Å². The summed E-state index contributed by atoms with van der Waals surface area (Å²) >= 11 is 11.4. The Morgan fingerprint density at radius 1 is 1.21 bits per heavy atom. The highest BCUT2D eigenvalue weighted by Gasteiger charge is 2.03. The molecule has 1 rings (SSSR count). The summed E-state index contributed by atoms with van der Waals surface area (Å²) in [6.45, 7) is 2.19. The van der Waals surface area contributed by atoms with E-state index in [1.54, 1.807) is 0 Å². The summed E-state index contributed by atoms with van der Waals surface area (Å²) < 4.78 is -0.191. The van der Waals surface area contributed by atoms with E-state index < -0.39 is 0 Å². The topological polar surface area (TPSA) is 0 Å². The molecule has 76 valence electrons. The summed E-state index contributed by atoms with van der Waals surface area (Å²) in [5, 5.41) is 0. The maximum Gasteiger partial charge on any atom is 0.0929 e. The van der Waals surface area contributed by atoms with E-state index in [0.29, 0.717) is 9.52 Å².